The third-order valence-electron chi connectivity index (χ3n) is 4.07. The van der Waals surface area contributed by atoms with Gasteiger partial charge in [0.15, 0.2) is 0 Å². The zero-order valence-corrected chi connectivity index (χ0v) is 12.9. The average Bonchev–Trinajstić information content (AvgIpc) is 3.05. The lowest BCUT2D eigenvalue weighted by atomic mass is 10.2. The fourth-order valence-corrected chi connectivity index (χ4v) is 3.83. The molecule has 0 bridgehead atoms. The van der Waals surface area contributed by atoms with Gasteiger partial charge >= 0.3 is 0 Å². The minimum Gasteiger partial charge on any atom is -0.368 e. The van der Waals surface area contributed by atoms with Crippen molar-refractivity contribution in [1.82, 2.24) is 14.9 Å². The van der Waals surface area contributed by atoms with Crippen LogP contribution >= 0.6 is 11.3 Å². The van der Waals surface area contributed by atoms with Crippen LogP contribution < -0.4 is 10.6 Å². The summed E-state index contributed by atoms with van der Waals surface area (Å²) >= 11 is 1.61. The molecule has 3 heterocycles. The van der Waals surface area contributed by atoms with Crippen LogP contribution in [0.2, 0.25) is 0 Å². The average molecular weight is 291 g/mol. The van der Waals surface area contributed by atoms with Crippen LogP contribution in [-0.4, -0.2) is 47.6 Å². The SMILES string of the molecule is CCN1CCCC1CN(C)c1nc(N)nc2sccc12. The first-order valence-electron chi connectivity index (χ1n) is 7.15. The van der Waals surface area contributed by atoms with Crippen LogP contribution in [0.1, 0.15) is 19.8 Å². The molecule has 1 aliphatic rings. The monoisotopic (exact) mass is 291 g/mol. The number of thiophene rings is 1. The highest BCUT2D eigenvalue weighted by atomic mass is 32.1. The Hall–Kier alpha value is -1.40. The number of hydrogen-bond donors (Lipinski definition) is 1. The van der Waals surface area contributed by atoms with E-state index in [9.17, 15) is 0 Å². The second-order valence-electron chi connectivity index (χ2n) is 5.35. The van der Waals surface area contributed by atoms with Gasteiger partial charge in [0.1, 0.15) is 10.6 Å². The lowest BCUT2D eigenvalue weighted by molar-refractivity contribution is 0.270. The standard InChI is InChI=1S/C14H21N5S/c1-3-19-7-4-5-10(19)9-18(2)12-11-6-8-20-13(11)17-14(15)16-12/h6,8,10H,3-5,7,9H2,1-2H3,(H2,15,16,17). The van der Waals surface area contributed by atoms with Crippen molar-refractivity contribution in [2.45, 2.75) is 25.8 Å². The van der Waals surface area contributed by atoms with Gasteiger partial charge in [-0.2, -0.15) is 4.98 Å². The summed E-state index contributed by atoms with van der Waals surface area (Å²) in [6.07, 6.45) is 2.57. The summed E-state index contributed by atoms with van der Waals surface area (Å²) < 4.78 is 0. The number of nitrogen functional groups attached to an aromatic ring is 1. The normalized spacial score (nSPS) is 19.8. The molecule has 1 atom stereocenters. The second-order valence-corrected chi connectivity index (χ2v) is 6.24. The van der Waals surface area contributed by atoms with Gasteiger partial charge in [0.25, 0.3) is 0 Å². The minimum atomic E-state index is 0.362. The molecule has 6 heteroatoms. The van der Waals surface area contributed by atoms with E-state index in [-0.39, 0.29) is 0 Å². The first kappa shape index (κ1) is 13.6. The molecule has 1 aliphatic heterocycles. The van der Waals surface area contributed by atoms with Gasteiger partial charge in [-0.25, -0.2) is 4.98 Å². The molecular formula is C14H21N5S. The predicted molar refractivity (Wildman–Crippen MR) is 85.4 cm³/mol. The fraction of sp³-hybridized carbons (Fsp3) is 0.571. The molecule has 0 radical (unpaired) electrons. The van der Waals surface area contributed by atoms with Crippen LogP contribution in [0.5, 0.6) is 0 Å². The van der Waals surface area contributed by atoms with Gasteiger partial charge < -0.3 is 10.6 Å². The van der Waals surface area contributed by atoms with Gasteiger partial charge in [-0.1, -0.05) is 6.92 Å². The number of likely N-dealkylation sites (N-methyl/N-ethyl adjacent to an activating group) is 2. The maximum atomic E-state index is 5.83. The highest BCUT2D eigenvalue weighted by Gasteiger charge is 2.25. The Morgan fingerprint density at radius 1 is 1.50 bits per heavy atom. The Balaban J connectivity index is 1.85. The van der Waals surface area contributed by atoms with Crippen LogP contribution in [-0.2, 0) is 0 Å². The van der Waals surface area contributed by atoms with Crippen LogP contribution in [0.4, 0.5) is 11.8 Å². The molecule has 0 aromatic carbocycles. The molecule has 0 aliphatic carbocycles. The summed E-state index contributed by atoms with van der Waals surface area (Å²) in [5.41, 5.74) is 5.83. The van der Waals surface area contributed by atoms with E-state index in [0.717, 1.165) is 29.1 Å². The lowest BCUT2D eigenvalue weighted by Crippen LogP contribution is -2.39. The van der Waals surface area contributed by atoms with Crippen molar-refractivity contribution < 1.29 is 0 Å². The second kappa shape index (κ2) is 5.54. The largest absolute Gasteiger partial charge is 0.368 e. The van der Waals surface area contributed by atoms with Gasteiger partial charge in [-0.3, -0.25) is 4.90 Å². The van der Waals surface area contributed by atoms with Crippen molar-refractivity contribution in [1.29, 1.82) is 0 Å². The molecule has 2 N–H and O–H groups in total. The van der Waals surface area contributed by atoms with E-state index in [0.29, 0.717) is 12.0 Å². The lowest BCUT2D eigenvalue weighted by Gasteiger charge is -2.28. The van der Waals surface area contributed by atoms with E-state index >= 15 is 0 Å². The molecular weight excluding hydrogens is 270 g/mol. The van der Waals surface area contributed by atoms with E-state index in [1.807, 2.05) is 5.38 Å². The minimum absolute atomic E-state index is 0.362. The number of rotatable bonds is 4. The third-order valence-corrected chi connectivity index (χ3v) is 4.88. The molecule has 1 unspecified atom stereocenters. The highest BCUT2D eigenvalue weighted by molar-refractivity contribution is 7.16. The van der Waals surface area contributed by atoms with E-state index in [4.69, 9.17) is 5.73 Å². The summed E-state index contributed by atoms with van der Waals surface area (Å²) in [4.78, 5) is 14.5. The topological polar surface area (TPSA) is 58.3 Å². The Labute approximate surface area is 123 Å². The quantitative estimate of drug-likeness (QED) is 0.936. The van der Waals surface area contributed by atoms with Crippen LogP contribution in [0.15, 0.2) is 11.4 Å². The molecule has 0 saturated carbocycles. The summed E-state index contributed by atoms with van der Waals surface area (Å²) in [6, 6.07) is 2.70. The fourth-order valence-electron chi connectivity index (χ4n) is 3.07. The number of fused-ring (bicyclic) bond motifs is 1. The summed E-state index contributed by atoms with van der Waals surface area (Å²) in [5.74, 6) is 1.32. The number of hydrogen-bond acceptors (Lipinski definition) is 6. The van der Waals surface area contributed by atoms with Crippen LogP contribution in [0.25, 0.3) is 10.2 Å². The van der Waals surface area contributed by atoms with Gasteiger partial charge in [0.05, 0.1) is 5.39 Å². The van der Waals surface area contributed by atoms with Crippen molar-refractivity contribution >= 4 is 33.3 Å². The molecule has 2 aromatic rings. The Morgan fingerprint density at radius 3 is 3.15 bits per heavy atom. The van der Waals surface area contributed by atoms with E-state index in [1.165, 1.54) is 19.4 Å². The Kier molecular flexibility index (Phi) is 3.76. The van der Waals surface area contributed by atoms with Crippen LogP contribution in [0.3, 0.4) is 0 Å². The predicted octanol–water partition coefficient (Wildman–Crippen LogP) is 2.19. The smallest absolute Gasteiger partial charge is 0.223 e. The number of aromatic nitrogens is 2. The maximum Gasteiger partial charge on any atom is 0.223 e. The van der Waals surface area contributed by atoms with Crippen molar-refractivity contribution in [2.24, 2.45) is 0 Å². The Morgan fingerprint density at radius 2 is 2.35 bits per heavy atom. The molecule has 108 valence electrons. The Bertz CT molecular complexity index is 596. The summed E-state index contributed by atoms with van der Waals surface area (Å²) in [6.45, 7) is 5.57. The van der Waals surface area contributed by atoms with Crippen molar-refractivity contribution in [3.63, 3.8) is 0 Å². The van der Waals surface area contributed by atoms with Crippen LogP contribution in [0, 0.1) is 0 Å². The first-order chi connectivity index (χ1) is 9.69. The van der Waals surface area contributed by atoms with Gasteiger partial charge in [0.2, 0.25) is 5.95 Å². The molecule has 3 rings (SSSR count). The number of anilines is 2. The van der Waals surface area contributed by atoms with Crippen molar-refractivity contribution in [3.8, 4) is 0 Å². The zero-order valence-electron chi connectivity index (χ0n) is 12.0. The number of nitrogens with zero attached hydrogens (tertiary/aromatic N) is 4. The molecule has 0 amide bonds. The zero-order chi connectivity index (χ0) is 14.1. The van der Waals surface area contributed by atoms with Crippen molar-refractivity contribution in [2.75, 3.05) is 37.3 Å². The maximum absolute atomic E-state index is 5.83. The third kappa shape index (κ3) is 2.45. The van der Waals surface area contributed by atoms with Gasteiger partial charge in [-0.05, 0) is 37.4 Å². The van der Waals surface area contributed by atoms with Gasteiger partial charge in [-0.15, -0.1) is 11.3 Å². The first-order valence-corrected chi connectivity index (χ1v) is 8.03. The van der Waals surface area contributed by atoms with E-state index in [2.05, 4.69) is 39.8 Å². The number of nitrogens with two attached hydrogens (primary N) is 1. The van der Waals surface area contributed by atoms with E-state index in [1.54, 1.807) is 11.3 Å². The number of likely N-dealkylation sites (tertiary alicyclic amines) is 1. The van der Waals surface area contributed by atoms with Crippen molar-refractivity contribution in [3.05, 3.63) is 11.4 Å². The van der Waals surface area contributed by atoms with E-state index < -0.39 is 0 Å². The van der Waals surface area contributed by atoms with Gasteiger partial charge in [0, 0.05) is 19.6 Å². The summed E-state index contributed by atoms with van der Waals surface area (Å²) in [5, 5.41) is 3.15. The highest BCUT2D eigenvalue weighted by Crippen LogP contribution is 2.29. The molecule has 2 aromatic heterocycles. The molecule has 1 saturated heterocycles. The molecule has 1 fully saturated rings. The molecule has 20 heavy (non-hydrogen) atoms. The molecule has 5 nitrogen and oxygen atoms in total. The summed E-state index contributed by atoms with van der Waals surface area (Å²) in [7, 11) is 2.10. The molecule has 0 spiro atoms.